The molecule has 1 aromatic heterocycles. The van der Waals surface area contributed by atoms with Crippen LogP contribution < -0.4 is 10.1 Å². The average Bonchev–Trinajstić information content (AvgIpc) is 3.21. The lowest BCUT2D eigenvalue weighted by atomic mass is 9.92. The Morgan fingerprint density at radius 2 is 1.93 bits per heavy atom. The predicted molar refractivity (Wildman–Crippen MR) is 105 cm³/mol. The fourth-order valence-corrected chi connectivity index (χ4v) is 3.38. The highest BCUT2D eigenvalue weighted by Gasteiger charge is 2.17. The predicted octanol–water partition coefficient (Wildman–Crippen LogP) is 3.70. The van der Waals surface area contributed by atoms with Gasteiger partial charge in [-0.3, -0.25) is 4.79 Å². The van der Waals surface area contributed by atoms with Gasteiger partial charge >= 0.3 is 0 Å². The number of hydrogen-bond donors (Lipinski definition) is 1. The Hall–Kier alpha value is -3.15. The molecule has 0 saturated carbocycles. The maximum absolute atomic E-state index is 12.4. The van der Waals surface area contributed by atoms with Gasteiger partial charge in [0.15, 0.2) is 6.10 Å². The average molecular weight is 377 g/mol. The first kappa shape index (κ1) is 18.2. The quantitative estimate of drug-likeness (QED) is 0.709. The van der Waals surface area contributed by atoms with Gasteiger partial charge in [0.25, 0.3) is 5.91 Å². The monoisotopic (exact) mass is 377 g/mol. The van der Waals surface area contributed by atoms with Crippen molar-refractivity contribution in [2.24, 2.45) is 0 Å². The summed E-state index contributed by atoms with van der Waals surface area (Å²) in [6.45, 7) is 1.90. The summed E-state index contributed by atoms with van der Waals surface area (Å²) in [5.41, 5.74) is 3.59. The molecule has 4 rings (SSSR count). The van der Waals surface area contributed by atoms with E-state index < -0.39 is 6.10 Å². The zero-order valence-electron chi connectivity index (χ0n) is 15.9. The first-order valence-corrected chi connectivity index (χ1v) is 9.63. The minimum absolute atomic E-state index is 0.163. The van der Waals surface area contributed by atoms with Gasteiger partial charge in [0, 0.05) is 5.56 Å². The van der Waals surface area contributed by atoms with E-state index >= 15 is 0 Å². The molecule has 1 amide bonds. The molecule has 1 heterocycles. The van der Waals surface area contributed by atoms with Crippen molar-refractivity contribution in [3.05, 3.63) is 65.5 Å². The molecule has 0 spiro atoms. The largest absolute Gasteiger partial charge is 0.481 e. The van der Waals surface area contributed by atoms with Crippen LogP contribution in [0.25, 0.3) is 11.4 Å². The Labute approximate surface area is 163 Å². The number of aromatic nitrogens is 2. The summed E-state index contributed by atoms with van der Waals surface area (Å²) >= 11 is 0. The van der Waals surface area contributed by atoms with Gasteiger partial charge in [-0.1, -0.05) is 41.6 Å². The highest BCUT2D eigenvalue weighted by molar-refractivity contribution is 5.80. The molecule has 0 saturated heterocycles. The Balaban J connectivity index is 1.32. The molecule has 0 aliphatic heterocycles. The topological polar surface area (TPSA) is 77.2 Å². The van der Waals surface area contributed by atoms with Crippen molar-refractivity contribution in [3.63, 3.8) is 0 Å². The smallest absolute Gasteiger partial charge is 0.261 e. The molecular formula is C22H23N3O3. The first-order chi connectivity index (χ1) is 13.7. The third-order valence-electron chi connectivity index (χ3n) is 4.92. The molecule has 0 bridgehead atoms. The summed E-state index contributed by atoms with van der Waals surface area (Å²) in [7, 11) is 0. The van der Waals surface area contributed by atoms with Crippen molar-refractivity contribution in [2.45, 2.75) is 45.3 Å². The first-order valence-electron chi connectivity index (χ1n) is 9.63. The van der Waals surface area contributed by atoms with Crippen LogP contribution in [-0.2, 0) is 24.2 Å². The minimum Gasteiger partial charge on any atom is -0.481 e. The van der Waals surface area contributed by atoms with Crippen molar-refractivity contribution in [1.82, 2.24) is 15.5 Å². The summed E-state index contributed by atoms with van der Waals surface area (Å²) in [6.07, 6.45) is 4.04. The van der Waals surface area contributed by atoms with Crippen molar-refractivity contribution in [3.8, 4) is 17.1 Å². The Bertz CT molecular complexity index is 953. The molecule has 0 unspecified atom stereocenters. The lowest BCUT2D eigenvalue weighted by molar-refractivity contribution is -0.127. The van der Waals surface area contributed by atoms with E-state index in [4.69, 9.17) is 9.26 Å². The molecule has 1 aliphatic rings. The number of rotatable bonds is 6. The molecule has 0 radical (unpaired) electrons. The van der Waals surface area contributed by atoms with Crippen LogP contribution in [0.2, 0.25) is 0 Å². The molecule has 0 fully saturated rings. The van der Waals surface area contributed by atoms with Gasteiger partial charge in [-0.05, 0) is 55.9 Å². The molecule has 3 aromatic rings. The fourth-order valence-electron chi connectivity index (χ4n) is 3.38. The van der Waals surface area contributed by atoms with Crippen molar-refractivity contribution in [2.75, 3.05) is 0 Å². The molecule has 1 atom stereocenters. The van der Waals surface area contributed by atoms with E-state index in [-0.39, 0.29) is 12.5 Å². The van der Waals surface area contributed by atoms with Crippen molar-refractivity contribution in [1.29, 1.82) is 0 Å². The van der Waals surface area contributed by atoms with E-state index in [1.807, 2.05) is 36.4 Å². The van der Waals surface area contributed by atoms with Crippen LogP contribution in [0.5, 0.6) is 5.75 Å². The van der Waals surface area contributed by atoms with Gasteiger partial charge < -0.3 is 14.6 Å². The van der Waals surface area contributed by atoms with Crippen molar-refractivity contribution < 1.29 is 14.1 Å². The lowest BCUT2D eigenvalue weighted by Gasteiger charge is -2.19. The van der Waals surface area contributed by atoms with Gasteiger partial charge in [-0.25, -0.2) is 0 Å². The van der Waals surface area contributed by atoms with Crippen LogP contribution in [0.3, 0.4) is 0 Å². The molecule has 1 N–H and O–H groups in total. The molecule has 6 heteroatoms. The third-order valence-corrected chi connectivity index (χ3v) is 4.92. The molecule has 28 heavy (non-hydrogen) atoms. The highest BCUT2D eigenvalue weighted by atomic mass is 16.5. The van der Waals surface area contributed by atoms with E-state index in [2.05, 4.69) is 27.6 Å². The summed E-state index contributed by atoms with van der Waals surface area (Å²) in [6, 6.07) is 15.7. The van der Waals surface area contributed by atoms with Crippen LogP contribution in [0, 0.1) is 0 Å². The van der Waals surface area contributed by atoms with Crippen LogP contribution in [0.1, 0.15) is 36.8 Å². The second kappa shape index (κ2) is 8.25. The number of ether oxygens (including phenoxy) is 1. The van der Waals surface area contributed by atoms with Gasteiger partial charge in [0.2, 0.25) is 11.7 Å². The molecule has 6 nitrogen and oxygen atoms in total. The number of nitrogens with zero attached hydrogens (tertiary/aromatic N) is 2. The number of amides is 1. The van der Waals surface area contributed by atoms with Crippen LogP contribution >= 0.6 is 0 Å². The number of carbonyl (C=O) groups is 1. The standard InChI is InChI=1S/C22H23N3O3/c1-15(27-19-12-11-16-7-5-6-10-18(16)13-19)22(26)23-14-20-24-21(25-28-20)17-8-3-2-4-9-17/h2-4,8-9,11-13,15H,5-7,10,14H2,1H3,(H,23,26)/t15-/m1/s1. The van der Waals surface area contributed by atoms with Gasteiger partial charge in [0.1, 0.15) is 5.75 Å². The van der Waals surface area contributed by atoms with Gasteiger partial charge in [-0.2, -0.15) is 4.98 Å². The number of fused-ring (bicyclic) bond motifs is 1. The van der Waals surface area contributed by atoms with E-state index in [1.54, 1.807) is 6.92 Å². The summed E-state index contributed by atoms with van der Waals surface area (Å²) < 4.78 is 11.0. The molecule has 1 aliphatic carbocycles. The summed E-state index contributed by atoms with van der Waals surface area (Å²) in [5.74, 6) is 1.36. The summed E-state index contributed by atoms with van der Waals surface area (Å²) in [5, 5.41) is 6.74. The second-order valence-electron chi connectivity index (χ2n) is 6.99. The SMILES string of the molecule is C[C@@H](Oc1ccc2c(c1)CCCC2)C(=O)NCc1nc(-c2ccccc2)no1. The van der Waals surface area contributed by atoms with Crippen LogP contribution in [0.4, 0.5) is 0 Å². The maximum atomic E-state index is 12.4. The highest BCUT2D eigenvalue weighted by Crippen LogP contribution is 2.25. The zero-order chi connectivity index (χ0) is 19.3. The van der Waals surface area contributed by atoms with E-state index in [9.17, 15) is 4.79 Å². The lowest BCUT2D eigenvalue weighted by Crippen LogP contribution is -2.36. The fraction of sp³-hybridized carbons (Fsp3) is 0.318. The number of hydrogen-bond acceptors (Lipinski definition) is 5. The second-order valence-corrected chi connectivity index (χ2v) is 6.99. The van der Waals surface area contributed by atoms with Gasteiger partial charge in [0.05, 0.1) is 6.54 Å². The summed E-state index contributed by atoms with van der Waals surface area (Å²) in [4.78, 5) is 16.7. The van der Waals surface area contributed by atoms with Crippen LogP contribution in [-0.4, -0.2) is 22.2 Å². The third kappa shape index (κ3) is 4.22. The van der Waals surface area contributed by atoms with Gasteiger partial charge in [-0.15, -0.1) is 0 Å². The van der Waals surface area contributed by atoms with E-state index in [1.165, 1.54) is 24.0 Å². The molecular weight excluding hydrogens is 354 g/mol. The molecule has 144 valence electrons. The Morgan fingerprint density at radius 1 is 1.14 bits per heavy atom. The maximum Gasteiger partial charge on any atom is 0.261 e. The number of carbonyl (C=O) groups excluding carboxylic acids is 1. The number of nitrogens with one attached hydrogen (secondary N) is 1. The number of aryl methyl sites for hydroxylation is 2. The van der Waals surface area contributed by atoms with Crippen LogP contribution in [0.15, 0.2) is 53.1 Å². The van der Waals surface area contributed by atoms with Crippen molar-refractivity contribution >= 4 is 5.91 Å². The normalized spacial score (nSPS) is 14.2. The van der Waals surface area contributed by atoms with E-state index in [0.717, 1.165) is 24.2 Å². The zero-order valence-corrected chi connectivity index (χ0v) is 15.9. The Morgan fingerprint density at radius 3 is 2.75 bits per heavy atom. The number of benzene rings is 2. The Kier molecular flexibility index (Phi) is 5.37. The van der Waals surface area contributed by atoms with E-state index in [0.29, 0.717) is 11.7 Å². The minimum atomic E-state index is -0.613. The molecule has 2 aromatic carbocycles.